The lowest BCUT2D eigenvalue weighted by Gasteiger charge is -2.26. The van der Waals surface area contributed by atoms with Crippen molar-refractivity contribution >= 4 is 17.1 Å². The Bertz CT molecular complexity index is 566. The van der Waals surface area contributed by atoms with Crippen LogP contribution >= 0.6 is 11.3 Å². The van der Waals surface area contributed by atoms with E-state index in [4.69, 9.17) is 4.42 Å². The Labute approximate surface area is 103 Å². The van der Waals surface area contributed by atoms with Crippen LogP contribution in [0.5, 0.6) is 0 Å². The number of ketones is 1. The maximum atomic E-state index is 12.0. The van der Waals surface area contributed by atoms with Gasteiger partial charge >= 0.3 is 0 Å². The van der Waals surface area contributed by atoms with Crippen LogP contribution in [0.4, 0.5) is 0 Å². The summed E-state index contributed by atoms with van der Waals surface area (Å²) in [7, 11) is 0. The lowest BCUT2D eigenvalue weighted by Crippen LogP contribution is -2.25. The van der Waals surface area contributed by atoms with Crippen molar-refractivity contribution in [1.82, 2.24) is 4.98 Å². The molecule has 0 radical (unpaired) electrons. The molecule has 2 aromatic rings. The number of rotatable bonds is 1. The van der Waals surface area contributed by atoms with Crippen molar-refractivity contribution in [3.63, 3.8) is 0 Å². The Kier molecular flexibility index (Phi) is 2.23. The molecule has 0 bridgehead atoms. The number of nitrogens with zero attached hydrogens (tertiary/aromatic N) is 1. The van der Waals surface area contributed by atoms with E-state index in [1.54, 1.807) is 12.5 Å². The van der Waals surface area contributed by atoms with Gasteiger partial charge in [-0.05, 0) is 17.9 Å². The molecule has 0 amide bonds. The number of hydrogen-bond acceptors (Lipinski definition) is 4. The maximum absolute atomic E-state index is 12.0. The SMILES string of the molecule is CC1(C)CC(=O)c2sc(-c3ccoc3)nc2C1. The van der Waals surface area contributed by atoms with Crippen LogP contribution in [-0.4, -0.2) is 10.8 Å². The highest BCUT2D eigenvalue weighted by Gasteiger charge is 2.33. The fourth-order valence-electron chi connectivity index (χ4n) is 2.23. The topological polar surface area (TPSA) is 43.1 Å². The molecule has 0 atom stereocenters. The quantitative estimate of drug-likeness (QED) is 0.773. The minimum atomic E-state index is 0.0336. The van der Waals surface area contributed by atoms with Crippen molar-refractivity contribution in [2.45, 2.75) is 26.7 Å². The van der Waals surface area contributed by atoms with E-state index >= 15 is 0 Å². The summed E-state index contributed by atoms with van der Waals surface area (Å²) in [4.78, 5) is 17.4. The third-order valence-electron chi connectivity index (χ3n) is 3.00. The molecule has 0 aliphatic heterocycles. The highest BCUT2D eigenvalue weighted by molar-refractivity contribution is 7.17. The van der Waals surface area contributed by atoms with E-state index in [9.17, 15) is 4.79 Å². The molecule has 2 heterocycles. The maximum Gasteiger partial charge on any atom is 0.175 e. The van der Waals surface area contributed by atoms with Gasteiger partial charge in [0.25, 0.3) is 0 Å². The molecule has 17 heavy (non-hydrogen) atoms. The van der Waals surface area contributed by atoms with Gasteiger partial charge in [0.05, 0.1) is 16.8 Å². The van der Waals surface area contributed by atoms with E-state index < -0.39 is 0 Å². The van der Waals surface area contributed by atoms with E-state index in [1.165, 1.54) is 11.3 Å². The molecule has 0 saturated heterocycles. The van der Waals surface area contributed by atoms with Crippen molar-refractivity contribution in [2.75, 3.05) is 0 Å². The molecule has 0 aromatic carbocycles. The lowest BCUT2D eigenvalue weighted by atomic mass is 9.78. The third-order valence-corrected chi connectivity index (χ3v) is 4.19. The predicted molar refractivity (Wildman–Crippen MR) is 66.2 cm³/mol. The Morgan fingerprint density at radius 1 is 1.41 bits per heavy atom. The van der Waals surface area contributed by atoms with Gasteiger partial charge in [-0.2, -0.15) is 0 Å². The van der Waals surface area contributed by atoms with Crippen LogP contribution in [0.15, 0.2) is 23.0 Å². The van der Waals surface area contributed by atoms with Crippen LogP contribution in [-0.2, 0) is 6.42 Å². The first-order chi connectivity index (χ1) is 8.05. The fraction of sp³-hybridized carbons (Fsp3) is 0.385. The number of carbonyl (C=O) groups excluding carboxylic acids is 1. The van der Waals surface area contributed by atoms with Gasteiger partial charge in [-0.3, -0.25) is 4.79 Å². The minimum absolute atomic E-state index is 0.0336. The molecule has 3 rings (SSSR count). The smallest absolute Gasteiger partial charge is 0.175 e. The van der Waals surface area contributed by atoms with Crippen LogP contribution < -0.4 is 0 Å². The largest absolute Gasteiger partial charge is 0.472 e. The second-order valence-electron chi connectivity index (χ2n) is 5.25. The van der Waals surface area contributed by atoms with Crippen molar-refractivity contribution in [2.24, 2.45) is 5.41 Å². The van der Waals surface area contributed by atoms with E-state index in [1.807, 2.05) is 6.07 Å². The number of Topliss-reactive ketones (excluding diaryl/α,β-unsaturated/α-hetero) is 1. The molecule has 4 heteroatoms. The Balaban J connectivity index is 2.07. The number of hydrogen-bond donors (Lipinski definition) is 0. The summed E-state index contributed by atoms with van der Waals surface area (Å²) in [6.45, 7) is 4.23. The number of fused-ring (bicyclic) bond motifs is 1. The Hall–Kier alpha value is -1.42. The van der Waals surface area contributed by atoms with Crippen molar-refractivity contribution < 1.29 is 9.21 Å². The van der Waals surface area contributed by atoms with Crippen LogP contribution in [0.1, 0.15) is 35.6 Å². The highest BCUT2D eigenvalue weighted by atomic mass is 32.1. The van der Waals surface area contributed by atoms with Crippen LogP contribution in [0.3, 0.4) is 0 Å². The van der Waals surface area contributed by atoms with Crippen LogP contribution in [0.2, 0.25) is 0 Å². The standard InChI is InChI=1S/C13H13NO2S/c1-13(2)5-9-11(10(15)6-13)17-12(14-9)8-3-4-16-7-8/h3-4,7H,5-6H2,1-2H3. The molecule has 3 nitrogen and oxygen atoms in total. The Morgan fingerprint density at radius 2 is 2.24 bits per heavy atom. The summed E-state index contributed by atoms with van der Waals surface area (Å²) < 4.78 is 5.05. The zero-order chi connectivity index (χ0) is 12.0. The summed E-state index contributed by atoms with van der Waals surface area (Å²) in [5.41, 5.74) is 1.94. The molecular formula is C13H13NO2S. The van der Waals surface area contributed by atoms with E-state index in [-0.39, 0.29) is 11.2 Å². The van der Waals surface area contributed by atoms with Gasteiger partial charge in [0, 0.05) is 12.0 Å². The highest BCUT2D eigenvalue weighted by Crippen LogP contribution is 2.39. The van der Waals surface area contributed by atoms with E-state index in [0.717, 1.165) is 27.6 Å². The first-order valence-corrected chi connectivity index (χ1v) is 6.42. The van der Waals surface area contributed by atoms with Crippen LogP contribution in [0, 0.1) is 5.41 Å². The molecule has 0 spiro atoms. The number of aromatic nitrogens is 1. The zero-order valence-electron chi connectivity index (χ0n) is 9.82. The number of thiazole rings is 1. The van der Waals surface area contributed by atoms with Crippen molar-refractivity contribution in [3.05, 3.63) is 29.2 Å². The summed E-state index contributed by atoms with van der Waals surface area (Å²) in [6.07, 6.45) is 4.79. The number of furan rings is 1. The molecular weight excluding hydrogens is 234 g/mol. The van der Waals surface area contributed by atoms with Gasteiger partial charge in [0.1, 0.15) is 11.3 Å². The zero-order valence-corrected chi connectivity index (χ0v) is 10.6. The average Bonchev–Trinajstić information content (AvgIpc) is 2.81. The number of carbonyl (C=O) groups is 1. The van der Waals surface area contributed by atoms with Gasteiger partial charge in [-0.15, -0.1) is 11.3 Å². The van der Waals surface area contributed by atoms with Gasteiger partial charge in [0.2, 0.25) is 0 Å². The van der Waals surface area contributed by atoms with Crippen molar-refractivity contribution in [3.8, 4) is 10.6 Å². The van der Waals surface area contributed by atoms with Crippen molar-refractivity contribution in [1.29, 1.82) is 0 Å². The molecule has 1 aliphatic rings. The second kappa shape index (κ2) is 3.53. The molecule has 2 aromatic heterocycles. The summed E-state index contributed by atoms with van der Waals surface area (Å²) >= 11 is 1.48. The summed E-state index contributed by atoms with van der Waals surface area (Å²) in [6, 6.07) is 1.87. The predicted octanol–water partition coefficient (Wildman–Crippen LogP) is 3.56. The van der Waals surface area contributed by atoms with E-state index in [2.05, 4.69) is 18.8 Å². The minimum Gasteiger partial charge on any atom is -0.472 e. The monoisotopic (exact) mass is 247 g/mol. The molecule has 1 aliphatic carbocycles. The summed E-state index contributed by atoms with van der Waals surface area (Å²) in [5, 5.41) is 0.884. The lowest BCUT2D eigenvalue weighted by molar-refractivity contribution is 0.0916. The molecule has 0 saturated carbocycles. The molecule has 88 valence electrons. The third kappa shape index (κ3) is 1.82. The van der Waals surface area contributed by atoms with Gasteiger partial charge in [0.15, 0.2) is 5.78 Å². The first kappa shape index (κ1) is 10.7. The van der Waals surface area contributed by atoms with Gasteiger partial charge < -0.3 is 4.42 Å². The van der Waals surface area contributed by atoms with Gasteiger partial charge in [-0.1, -0.05) is 13.8 Å². The average molecular weight is 247 g/mol. The van der Waals surface area contributed by atoms with Crippen LogP contribution in [0.25, 0.3) is 10.6 Å². The Morgan fingerprint density at radius 3 is 2.94 bits per heavy atom. The molecule has 0 unspecified atom stereocenters. The van der Waals surface area contributed by atoms with Gasteiger partial charge in [-0.25, -0.2) is 4.98 Å². The molecule has 0 N–H and O–H groups in total. The van der Waals surface area contributed by atoms with E-state index in [0.29, 0.717) is 6.42 Å². The summed E-state index contributed by atoms with van der Waals surface area (Å²) in [5.74, 6) is 0.225. The molecule has 0 fully saturated rings. The normalized spacial score (nSPS) is 18.1. The first-order valence-electron chi connectivity index (χ1n) is 5.61. The fourth-order valence-corrected chi connectivity index (χ4v) is 3.23. The second-order valence-corrected chi connectivity index (χ2v) is 6.25.